The number of fused-ring (bicyclic) bond motifs is 1. The fourth-order valence-electron chi connectivity index (χ4n) is 3.00. The summed E-state index contributed by atoms with van der Waals surface area (Å²) in [5, 5.41) is 9.37. The number of sulfonamides is 1. The van der Waals surface area contributed by atoms with Crippen LogP contribution in [0.3, 0.4) is 0 Å². The SMILES string of the molecule is O=C(O)[C@@H](Cc1ccccc1)NS(=O)(=O)c1ccc2c(c1)CCC2. The number of carboxylic acids is 1. The Morgan fingerprint density at radius 2 is 1.79 bits per heavy atom. The molecule has 0 radical (unpaired) electrons. The maximum absolute atomic E-state index is 12.6. The van der Waals surface area contributed by atoms with Crippen LogP contribution in [0.1, 0.15) is 23.1 Å². The van der Waals surface area contributed by atoms with Crippen LogP contribution in [0, 0.1) is 0 Å². The predicted molar refractivity (Wildman–Crippen MR) is 90.4 cm³/mol. The fourth-order valence-corrected chi connectivity index (χ4v) is 4.24. The van der Waals surface area contributed by atoms with Crippen LogP contribution >= 0.6 is 0 Å². The molecule has 5 nitrogen and oxygen atoms in total. The van der Waals surface area contributed by atoms with Crippen molar-refractivity contribution in [1.29, 1.82) is 0 Å². The summed E-state index contributed by atoms with van der Waals surface area (Å²) < 4.78 is 27.4. The van der Waals surface area contributed by atoms with Gasteiger partial charge >= 0.3 is 5.97 Å². The molecule has 2 N–H and O–H groups in total. The topological polar surface area (TPSA) is 83.5 Å². The lowest BCUT2D eigenvalue weighted by Gasteiger charge is -2.15. The van der Waals surface area contributed by atoms with Gasteiger partial charge in [-0.25, -0.2) is 8.42 Å². The number of nitrogens with one attached hydrogen (secondary N) is 1. The van der Waals surface area contributed by atoms with Crippen molar-refractivity contribution in [3.05, 3.63) is 65.2 Å². The quantitative estimate of drug-likeness (QED) is 0.840. The molecule has 1 atom stereocenters. The van der Waals surface area contributed by atoms with Gasteiger partial charge in [-0.05, 0) is 54.5 Å². The molecule has 0 amide bonds. The van der Waals surface area contributed by atoms with Crippen molar-refractivity contribution in [2.75, 3.05) is 0 Å². The minimum atomic E-state index is -3.88. The van der Waals surface area contributed by atoms with E-state index in [1.807, 2.05) is 12.1 Å². The first-order chi connectivity index (χ1) is 11.5. The summed E-state index contributed by atoms with van der Waals surface area (Å²) in [5.41, 5.74) is 2.97. The molecule has 0 saturated heterocycles. The molecule has 2 aromatic carbocycles. The Bertz CT molecular complexity index is 847. The molecule has 0 saturated carbocycles. The zero-order valence-electron chi connectivity index (χ0n) is 13.1. The van der Waals surface area contributed by atoms with Crippen LogP contribution in [0.15, 0.2) is 53.4 Å². The van der Waals surface area contributed by atoms with Gasteiger partial charge in [0.05, 0.1) is 4.90 Å². The van der Waals surface area contributed by atoms with E-state index in [-0.39, 0.29) is 11.3 Å². The largest absolute Gasteiger partial charge is 0.480 e. The molecule has 24 heavy (non-hydrogen) atoms. The Hall–Kier alpha value is -2.18. The summed E-state index contributed by atoms with van der Waals surface area (Å²) in [6.07, 6.45) is 2.96. The zero-order valence-corrected chi connectivity index (χ0v) is 13.9. The van der Waals surface area contributed by atoms with E-state index in [4.69, 9.17) is 0 Å². The number of hydrogen-bond acceptors (Lipinski definition) is 3. The Kier molecular flexibility index (Phi) is 4.69. The average Bonchev–Trinajstić information content (AvgIpc) is 3.02. The lowest BCUT2D eigenvalue weighted by Crippen LogP contribution is -2.42. The van der Waals surface area contributed by atoms with E-state index in [0.717, 1.165) is 30.4 Å². The fraction of sp³-hybridized carbons (Fsp3) is 0.278. The van der Waals surface area contributed by atoms with E-state index in [9.17, 15) is 18.3 Å². The molecule has 1 aliphatic rings. The second-order valence-corrected chi connectivity index (χ2v) is 7.70. The number of carboxylic acid groups (broad SMARTS) is 1. The monoisotopic (exact) mass is 345 g/mol. The molecule has 2 aromatic rings. The smallest absolute Gasteiger partial charge is 0.322 e. The lowest BCUT2D eigenvalue weighted by molar-refractivity contribution is -0.138. The molecule has 0 heterocycles. The maximum atomic E-state index is 12.6. The van der Waals surface area contributed by atoms with Crippen LogP contribution in [0.4, 0.5) is 0 Å². The number of benzene rings is 2. The normalized spacial score (nSPS) is 15.0. The van der Waals surface area contributed by atoms with Gasteiger partial charge in [-0.2, -0.15) is 4.72 Å². The van der Waals surface area contributed by atoms with Gasteiger partial charge in [0.1, 0.15) is 6.04 Å². The Balaban J connectivity index is 1.82. The van der Waals surface area contributed by atoms with Crippen LogP contribution in [0.25, 0.3) is 0 Å². The minimum absolute atomic E-state index is 0.0976. The summed E-state index contributed by atoms with van der Waals surface area (Å²) in [6.45, 7) is 0. The highest BCUT2D eigenvalue weighted by Gasteiger charge is 2.26. The number of hydrogen-bond donors (Lipinski definition) is 2. The van der Waals surface area contributed by atoms with Crippen molar-refractivity contribution in [3.63, 3.8) is 0 Å². The second kappa shape index (κ2) is 6.75. The van der Waals surface area contributed by atoms with E-state index in [2.05, 4.69) is 4.72 Å². The highest BCUT2D eigenvalue weighted by molar-refractivity contribution is 7.89. The average molecular weight is 345 g/mol. The van der Waals surface area contributed by atoms with Crippen molar-refractivity contribution in [2.45, 2.75) is 36.6 Å². The summed E-state index contributed by atoms with van der Waals surface area (Å²) in [5.74, 6) is -1.19. The van der Waals surface area contributed by atoms with Gasteiger partial charge in [-0.1, -0.05) is 36.4 Å². The van der Waals surface area contributed by atoms with Gasteiger partial charge in [-0.3, -0.25) is 4.79 Å². The van der Waals surface area contributed by atoms with Crippen LogP contribution < -0.4 is 4.72 Å². The maximum Gasteiger partial charge on any atom is 0.322 e. The molecule has 0 spiro atoms. The lowest BCUT2D eigenvalue weighted by atomic mass is 10.1. The molecule has 0 unspecified atom stereocenters. The first-order valence-electron chi connectivity index (χ1n) is 7.86. The van der Waals surface area contributed by atoms with Gasteiger partial charge in [0.2, 0.25) is 10.0 Å². The van der Waals surface area contributed by atoms with Crippen LogP contribution in [-0.2, 0) is 34.1 Å². The predicted octanol–water partition coefficient (Wildman–Crippen LogP) is 2.15. The molecule has 126 valence electrons. The van der Waals surface area contributed by atoms with Gasteiger partial charge in [0.25, 0.3) is 0 Å². The zero-order chi connectivity index (χ0) is 17.2. The Morgan fingerprint density at radius 3 is 2.50 bits per heavy atom. The van der Waals surface area contributed by atoms with Crippen molar-refractivity contribution in [2.24, 2.45) is 0 Å². The highest BCUT2D eigenvalue weighted by Crippen LogP contribution is 2.24. The van der Waals surface area contributed by atoms with Gasteiger partial charge in [-0.15, -0.1) is 0 Å². The summed E-state index contributed by atoms with van der Waals surface area (Å²) >= 11 is 0. The standard InChI is InChI=1S/C18H19NO4S/c20-18(21)17(11-13-5-2-1-3-6-13)19-24(22,23)16-10-9-14-7-4-8-15(14)12-16/h1-3,5-6,9-10,12,17,19H,4,7-8,11H2,(H,20,21)/t17-/m1/s1. The van der Waals surface area contributed by atoms with Crippen molar-refractivity contribution < 1.29 is 18.3 Å². The molecular formula is C18H19NO4S. The molecular weight excluding hydrogens is 326 g/mol. The molecule has 0 aliphatic heterocycles. The molecule has 0 fully saturated rings. The third-order valence-corrected chi connectivity index (χ3v) is 5.73. The van der Waals surface area contributed by atoms with E-state index in [1.165, 1.54) is 5.56 Å². The first-order valence-corrected chi connectivity index (χ1v) is 9.35. The number of aryl methyl sites for hydroxylation is 2. The van der Waals surface area contributed by atoms with Gasteiger partial charge in [0.15, 0.2) is 0 Å². The van der Waals surface area contributed by atoms with E-state index in [1.54, 1.807) is 36.4 Å². The van der Waals surface area contributed by atoms with Crippen LogP contribution in [-0.4, -0.2) is 25.5 Å². The molecule has 3 rings (SSSR count). The van der Waals surface area contributed by atoms with Crippen molar-refractivity contribution in [1.82, 2.24) is 4.72 Å². The van der Waals surface area contributed by atoms with E-state index >= 15 is 0 Å². The third kappa shape index (κ3) is 3.66. The Morgan fingerprint density at radius 1 is 1.08 bits per heavy atom. The minimum Gasteiger partial charge on any atom is -0.480 e. The summed E-state index contributed by atoms with van der Waals surface area (Å²) in [6, 6.07) is 12.8. The van der Waals surface area contributed by atoms with Crippen molar-refractivity contribution in [3.8, 4) is 0 Å². The molecule has 0 bridgehead atoms. The molecule has 6 heteroatoms. The van der Waals surface area contributed by atoms with Crippen LogP contribution in [0.5, 0.6) is 0 Å². The number of rotatable bonds is 6. The van der Waals surface area contributed by atoms with Crippen LogP contribution in [0.2, 0.25) is 0 Å². The number of carbonyl (C=O) groups is 1. The van der Waals surface area contributed by atoms with Gasteiger partial charge in [0, 0.05) is 0 Å². The van der Waals surface area contributed by atoms with E-state index < -0.39 is 22.0 Å². The van der Waals surface area contributed by atoms with Crippen molar-refractivity contribution >= 4 is 16.0 Å². The summed E-state index contributed by atoms with van der Waals surface area (Å²) in [7, 11) is -3.88. The van der Waals surface area contributed by atoms with Gasteiger partial charge < -0.3 is 5.11 Å². The molecule has 0 aromatic heterocycles. The second-order valence-electron chi connectivity index (χ2n) is 5.99. The summed E-state index contributed by atoms with van der Waals surface area (Å²) in [4.78, 5) is 11.6. The third-order valence-electron chi connectivity index (χ3n) is 4.26. The van der Waals surface area contributed by atoms with E-state index in [0.29, 0.717) is 0 Å². The number of aliphatic carboxylic acids is 1. The highest BCUT2D eigenvalue weighted by atomic mass is 32.2. The first kappa shape index (κ1) is 16.7. The Labute approximate surface area is 141 Å². The molecule has 1 aliphatic carbocycles.